The van der Waals surface area contributed by atoms with Crippen LogP contribution < -0.4 is 10.9 Å². The van der Waals surface area contributed by atoms with Crippen LogP contribution in [0, 0.1) is 15.5 Å². The van der Waals surface area contributed by atoms with E-state index in [1.807, 2.05) is 44.2 Å². The Morgan fingerprint density at radius 2 is 1.89 bits per heavy atom. The number of carbonyl (C=O) groups excluding carboxylic acids is 1. The summed E-state index contributed by atoms with van der Waals surface area (Å²) in [5.41, 5.74) is 2.46. The fraction of sp³-hybridized carbons (Fsp3) is 0.269. The molecule has 2 aliphatic rings. The van der Waals surface area contributed by atoms with Crippen LogP contribution in [0.3, 0.4) is 0 Å². The molecule has 1 aromatic heterocycles. The second-order valence-corrected chi connectivity index (χ2v) is 10.6. The molecule has 35 heavy (non-hydrogen) atoms. The van der Waals surface area contributed by atoms with Gasteiger partial charge in [-0.25, -0.2) is 4.98 Å². The van der Waals surface area contributed by atoms with E-state index in [4.69, 9.17) is 4.98 Å². The van der Waals surface area contributed by atoms with Crippen LogP contribution in [0.15, 0.2) is 75.8 Å². The monoisotopic (exact) mass is 488 g/mol. The first-order valence-electron chi connectivity index (χ1n) is 11.3. The number of nitro groups is 1. The summed E-state index contributed by atoms with van der Waals surface area (Å²) in [4.78, 5) is 45.2. The molecule has 0 amide bonds. The Hall–Kier alpha value is -3.72. The number of fused-ring (bicyclic) bond motifs is 1. The first kappa shape index (κ1) is 23.0. The van der Waals surface area contributed by atoms with Crippen molar-refractivity contribution in [2.24, 2.45) is 5.41 Å². The van der Waals surface area contributed by atoms with Crippen molar-refractivity contribution in [3.63, 3.8) is 0 Å². The first-order valence-corrected chi connectivity index (χ1v) is 12.3. The van der Waals surface area contributed by atoms with Gasteiger partial charge in [-0.05, 0) is 23.0 Å². The van der Waals surface area contributed by atoms with E-state index >= 15 is 0 Å². The number of rotatable bonds is 5. The lowest BCUT2D eigenvalue weighted by Gasteiger charge is -2.38. The molecule has 0 unspecified atom stereocenters. The molecule has 1 atom stereocenters. The summed E-state index contributed by atoms with van der Waals surface area (Å²) in [6.45, 7) is 4.06. The molecule has 0 saturated heterocycles. The van der Waals surface area contributed by atoms with E-state index in [2.05, 4.69) is 10.3 Å². The molecule has 8 nitrogen and oxygen atoms in total. The van der Waals surface area contributed by atoms with E-state index < -0.39 is 10.8 Å². The third-order valence-electron chi connectivity index (χ3n) is 6.33. The maximum absolute atomic E-state index is 13.4. The summed E-state index contributed by atoms with van der Waals surface area (Å²) in [5, 5.41) is 15.2. The van der Waals surface area contributed by atoms with Crippen molar-refractivity contribution < 1.29 is 9.72 Å². The van der Waals surface area contributed by atoms with Crippen molar-refractivity contribution >= 4 is 29.1 Å². The lowest BCUT2D eigenvalue weighted by molar-refractivity contribution is -0.384. The number of allylic oxidation sites excluding steroid dienone is 2. The van der Waals surface area contributed by atoms with Crippen LogP contribution in [0.1, 0.15) is 49.3 Å². The number of ketones is 1. The highest BCUT2D eigenvalue weighted by Gasteiger charge is 2.42. The number of hydrogen-bond acceptors (Lipinski definition) is 7. The Bertz CT molecular complexity index is 1430. The van der Waals surface area contributed by atoms with Gasteiger partial charge in [0.2, 0.25) is 0 Å². The highest BCUT2D eigenvalue weighted by molar-refractivity contribution is 7.98. The number of anilines is 1. The van der Waals surface area contributed by atoms with E-state index in [0.717, 1.165) is 11.3 Å². The number of Topliss-reactive ketones (excluding diaryl/α,β-unsaturated/α-hetero) is 1. The van der Waals surface area contributed by atoms with Gasteiger partial charge in [0.1, 0.15) is 5.82 Å². The predicted molar refractivity (Wildman–Crippen MR) is 134 cm³/mol. The maximum Gasteiger partial charge on any atom is 0.269 e. The molecule has 0 saturated carbocycles. The minimum Gasteiger partial charge on any atom is -0.343 e. The summed E-state index contributed by atoms with van der Waals surface area (Å²) in [5.74, 6) is 0.239. The van der Waals surface area contributed by atoms with E-state index in [1.165, 1.54) is 23.9 Å². The average Bonchev–Trinajstić information content (AvgIpc) is 2.81. The molecule has 2 heterocycles. The van der Waals surface area contributed by atoms with Crippen molar-refractivity contribution in [3.8, 4) is 0 Å². The molecule has 5 rings (SSSR count). The van der Waals surface area contributed by atoms with Crippen molar-refractivity contribution in [1.82, 2.24) is 9.97 Å². The van der Waals surface area contributed by atoms with Crippen molar-refractivity contribution in [2.45, 2.75) is 43.5 Å². The Morgan fingerprint density at radius 1 is 1.11 bits per heavy atom. The number of aromatic amines is 1. The van der Waals surface area contributed by atoms with Gasteiger partial charge in [-0.1, -0.05) is 68.1 Å². The molecule has 178 valence electrons. The molecule has 1 aliphatic carbocycles. The summed E-state index contributed by atoms with van der Waals surface area (Å²) in [6.07, 6.45) is 0.949. The van der Waals surface area contributed by atoms with Crippen LogP contribution in [0.5, 0.6) is 0 Å². The van der Waals surface area contributed by atoms with Crippen LogP contribution in [-0.2, 0) is 10.5 Å². The second-order valence-electron chi connectivity index (χ2n) is 9.65. The normalized spacial score (nSPS) is 18.5. The zero-order valence-corrected chi connectivity index (χ0v) is 20.1. The average molecular weight is 489 g/mol. The third-order valence-corrected chi connectivity index (χ3v) is 7.28. The topological polar surface area (TPSA) is 118 Å². The lowest BCUT2D eigenvalue weighted by atomic mass is 9.69. The zero-order valence-electron chi connectivity index (χ0n) is 19.3. The number of nitrogens with zero attached hydrogens (tertiary/aromatic N) is 2. The smallest absolute Gasteiger partial charge is 0.269 e. The molecule has 2 aromatic carbocycles. The van der Waals surface area contributed by atoms with Crippen molar-refractivity contribution in [3.05, 3.63) is 103 Å². The van der Waals surface area contributed by atoms with Gasteiger partial charge in [0.25, 0.3) is 11.2 Å². The fourth-order valence-electron chi connectivity index (χ4n) is 4.84. The Morgan fingerprint density at radius 3 is 2.63 bits per heavy atom. The number of nitrogens with one attached hydrogen (secondary N) is 2. The number of nitro benzene ring substituents is 1. The van der Waals surface area contributed by atoms with Gasteiger partial charge in [-0.3, -0.25) is 19.7 Å². The molecule has 0 spiro atoms. The largest absolute Gasteiger partial charge is 0.343 e. The first-order chi connectivity index (χ1) is 16.7. The number of aromatic nitrogens is 2. The standard InChI is InChI=1S/C26H24N4O4S/c1-26(2)12-18-21(19(31)13-26)20(16-9-6-10-17(11-16)30(33)34)22-23(27-18)28-25(29-24(22)32)35-14-15-7-4-3-5-8-15/h3-11,20H,12-14H2,1-2H3,(H2,27,28,29,32)/t20-/m0/s1. The molecule has 3 aromatic rings. The van der Waals surface area contributed by atoms with Gasteiger partial charge in [0.05, 0.1) is 10.5 Å². The SMILES string of the molecule is CC1(C)CC(=O)C2=C(C1)Nc1nc(SCc3ccccc3)[nH]c(=O)c1[C@H]2c1cccc([N+](=O)[O-])c1. The van der Waals surface area contributed by atoms with Gasteiger partial charge in [0, 0.05) is 41.5 Å². The minimum atomic E-state index is -0.728. The van der Waals surface area contributed by atoms with Crippen LogP contribution in [0.4, 0.5) is 11.5 Å². The summed E-state index contributed by atoms with van der Waals surface area (Å²) >= 11 is 1.41. The highest BCUT2D eigenvalue weighted by Crippen LogP contribution is 2.48. The second kappa shape index (κ2) is 8.81. The number of carbonyl (C=O) groups is 1. The predicted octanol–water partition coefficient (Wildman–Crippen LogP) is 5.17. The number of benzene rings is 2. The molecule has 2 N–H and O–H groups in total. The summed E-state index contributed by atoms with van der Waals surface area (Å²) in [6, 6.07) is 16.0. The van der Waals surface area contributed by atoms with E-state index in [9.17, 15) is 19.7 Å². The molecule has 9 heteroatoms. The quantitative estimate of drug-likeness (QED) is 0.220. The van der Waals surface area contributed by atoms with Gasteiger partial charge in [-0.15, -0.1) is 0 Å². The van der Waals surface area contributed by atoms with Crippen LogP contribution in [-0.4, -0.2) is 20.7 Å². The minimum absolute atomic E-state index is 0.0622. The van der Waals surface area contributed by atoms with Crippen LogP contribution in [0.2, 0.25) is 0 Å². The van der Waals surface area contributed by atoms with Gasteiger partial charge in [0.15, 0.2) is 10.9 Å². The van der Waals surface area contributed by atoms with Crippen molar-refractivity contribution in [1.29, 1.82) is 0 Å². The molecule has 0 radical (unpaired) electrons. The summed E-state index contributed by atoms with van der Waals surface area (Å²) < 4.78 is 0. The van der Waals surface area contributed by atoms with Gasteiger partial charge >= 0.3 is 0 Å². The molecule has 1 aliphatic heterocycles. The number of non-ortho nitro benzene ring substituents is 1. The Balaban J connectivity index is 1.62. The Kier molecular flexibility index (Phi) is 5.80. The summed E-state index contributed by atoms with van der Waals surface area (Å²) in [7, 11) is 0. The van der Waals surface area contributed by atoms with E-state index in [1.54, 1.807) is 12.1 Å². The zero-order chi connectivity index (χ0) is 24.7. The number of thioether (sulfide) groups is 1. The number of hydrogen-bond donors (Lipinski definition) is 2. The highest BCUT2D eigenvalue weighted by atomic mass is 32.2. The van der Waals surface area contributed by atoms with Crippen LogP contribution in [0.25, 0.3) is 0 Å². The molecule has 0 fully saturated rings. The molecule has 0 bridgehead atoms. The van der Waals surface area contributed by atoms with E-state index in [0.29, 0.717) is 46.3 Å². The maximum atomic E-state index is 13.4. The Labute approximate surface area is 206 Å². The lowest BCUT2D eigenvalue weighted by Crippen LogP contribution is -2.37. The third kappa shape index (κ3) is 4.51. The van der Waals surface area contributed by atoms with Gasteiger partial charge < -0.3 is 10.3 Å². The molecular weight excluding hydrogens is 464 g/mol. The fourth-order valence-corrected chi connectivity index (χ4v) is 5.66. The number of H-pyrrole nitrogens is 1. The van der Waals surface area contributed by atoms with E-state index in [-0.39, 0.29) is 22.4 Å². The van der Waals surface area contributed by atoms with Crippen LogP contribution >= 0.6 is 11.8 Å². The van der Waals surface area contributed by atoms with Crippen molar-refractivity contribution in [2.75, 3.05) is 5.32 Å². The molecular formula is C26H24N4O4S. The van der Waals surface area contributed by atoms with Gasteiger partial charge in [-0.2, -0.15) is 0 Å².